The van der Waals surface area contributed by atoms with E-state index >= 15 is 0 Å². The van der Waals surface area contributed by atoms with Gasteiger partial charge in [0.15, 0.2) is 5.96 Å². The second kappa shape index (κ2) is 10.1. The minimum absolute atomic E-state index is 0.118. The minimum Gasteiger partial charge on any atom is -0.356 e. The van der Waals surface area contributed by atoms with Crippen LogP contribution in [0.25, 0.3) is 0 Å². The number of hydrogen-bond acceptors (Lipinski definition) is 3. The smallest absolute Gasteiger partial charge is 0.251 e. The summed E-state index contributed by atoms with van der Waals surface area (Å²) in [4.78, 5) is 16.2. The standard InChI is InChI=1S/C18H23ClN4OS/c1-13(15-7-10-25-12-15)11-23-18(20-2)22-9-8-21-17(24)14-3-5-16(19)6-4-14/h3-7,10,12-13H,8-9,11H2,1-2H3,(H,21,24)(H2,20,22,23). The molecule has 0 saturated heterocycles. The predicted molar refractivity (Wildman–Crippen MR) is 106 cm³/mol. The second-order valence-electron chi connectivity index (χ2n) is 5.60. The van der Waals surface area contributed by atoms with Crippen molar-refractivity contribution >= 4 is 34.8 Å². The van der Waals surface area contributed by atoms with E-state index in [1.165, 1.54) is 5.56 Å². The summed E-state index contributed by atoms with van der Waals surface area (Å²) < 4.78 is 0. The van der Waals surface area contributed by atoms with Crippen molar-refractivity contribution in [3.05, 3.63) is 57.2 Å². The van der Waals surface area contributed by atoms with Crippen LogP contribution in [0.4, 0.5) is 0 Å². The van der Waals surface area contributed by atoms with Crippen LogP contribution >= 0.6 is 22.9 Å². The maximum absolute atomic E-state index is 12.0. The molecule has 1 heterocycles. The SMILES string of the molecule is CN=C(NCCNC(=O)c1ccc(Cl)cc1)NCC(C)c1ccsc1. The minimum atomic E-state index is -0.118. The maximum atomic E-state index is 12.0. The van der Waals surface area contributed by atoms with Gasteiger partial charge in [0.05, 0.1) is 0 Å². The number of thiophene rings is 1. The highest BCUT2D eigenvalue weighted by molar-refractivity contribution is 7.07. The van der Waals surface area contributed by atoms with Crippen LogP contribution in [0.3, 0.4) is 0 Å². The predicted octanol–water partition coefficient (Wildman–Crippen LogP) is 3.10. The molecule has 2 aromatic rings. The Morgan fingerprint density at radius 3 is 2.52 bits per heavy atom. The molecule has 1 atom stereocenters. The van der Waals surface area contributed by atoms with E-state index in [9.17, 15) is 4.79 Å². The zero-order valence-electron chi connectivity index (χ0n) is 14.4. The summed E-state index contributed by atoms with van der Waals surface area (Å²) in [5.74, 6) is 1.02. The number of rotatable bonds is 7. The number of amides is 1. The number of aliphatic imine (C=N–C) groups is 1. The fourth-order valence-electron chi connectivity index (χ4n) is 2.20. The van der Waals surface area contributed by atoms with Crippen molar-refractivity contribution in [2.75, 3.05) is 26.7 Å². The van der Waals surface area contributed by atoms with Crippen molar-refractivity contribution in [3.8, 4) is 0 Å². The number of nitrogens with one attached hydrogen (secondary N) is 3. The van der Waals surface area contributed by atoms with Gasteiger partial charge in [-0.1, -0.05) is 18.5 Å². The number of carbonyl (C=O) groups is 1. The third-order valence-electron chi connectivity index (χ3n) is 3.72. The molecule has 0 saturated carbocycles. The average Bonchev–Trinajstić information content (AvgIpc) is 3.16. The van der Waals surface area contributed by atoms with Crippen molar-refractivity contribution < 1.29 is 4.79 Å². The van der Waals surface area contributed by atoms with Gasteiger partial charge in [-0.05, 0) is 52.6 Å². The van der Waals surface area contributed by atoms with Crippen molar-refractivity contribution in [3.63, 3.8) is 0 Å². The van der Waals surface area contributed by atoms with E-state index in [0.717, 1.165) is 12.5 Å². The lowest BCUT2D eigenvalue weighted by atomic mass is 10.1. The molecule has 0 radical (unpaired) electrons. The summed E-state index contributed by atoms with van der Waals surface area (Å²) in [6.45, 7) is 4.07. The molecule has 1 unspecified atom stereocenters. The Bertz CT molecular complexity index is 686. The fourth-order valence-corrected chi connectivity index (χ4v) is 3.11. The first-order valence-electron chi connectivity index (χ1n) is 8.10. The molecule has 1 amide bonds. The van der Waals surface area contributed by atoms with Crippen LogP contribution in [-0.4, -0.2) is 38.5 Å². The average molecular weight is 379 g/mol. The van der Waals surface area contributed by atoms with Gasteiger partial charge in [0, 0.05) is 37.3 Å². The fraction of sp³-hybridized carbons (Fsp3) is 0.333. The zero-order valence-corrected chi connectivity index (χ0v) is 16.0. The maximum Gasteiger partial charge on any atom is 0.251 e. The molecule has 1 aromatic heterocycles. The molecular weight excluding hydrogens is 356 g/mol. The normalized spacial score (nSPS) is 12.5. The first-order chi connectivity index (χ1) is 12.1. The van der Waals surface area contributed by atoms with Crippen LogP contribution in [0, 0.1) is 0 Å². The largest absolute Gasteiger partial charge is 0.356 e. The third kappa shape index (κ3) is 6.40. The van der Waals surface area contributed by atoms with Gasteiger partial charge in [0.25, 0.3) is 5.91 Å². The second-order valence-corrected chi connectivity index (χ2v) is 6.82. The summed E-state index contributed by atoms with van der Waals surface area (Å²) in [7, 11) is 1.73. The van der Waals surface area contributed by atoms with Gasteiger partial charge >= 0.3 is 0 Å². The molecule has 5 nitrogen and oxygen atoms in total. The first-order valence-corrected chi connectivity index (χ1v) is 9.42. The van der Waals surface area contributed by atoms with E-state index in [4.69, 9.17) is 11.6 Å². The zero-order chi connectivity index (χ0) is 18.1. The van der Waals surface area contributed by atoms with E-state index in [2.05, 4.69) is 44.7 Å². The summed E-state index contributed by atoms with van der Waals surface area (Å²) in [6, 6.07) is 8.96. The number of benzene rings is 1. The monoisotopic (exact) mass is 378 g/mol. The molecule has 0 fully saturated rings. The Morgan fingerprint density at radius 2 is 1.88 bits per heavy atom. The van der Waals surface area contributed by atoms with E-state index < -0.39 is 0 Å². The molecule has 134 valence electrons. The number of nitrogens with zero attached hydrogens (tertiary/aromatic N) is 1. The number of carbonyl (C=O) groups excluding carboxylic acids is 1. The molecule has 0 spiro atoms. The highest BCUT2D eigenvalue weighted by Crippen LogP contribution is 2.16. The van der Waals surface area contributed by atoms with E-state index in [-0.39, 0.29) is 5.91 Å². The number of hydrogen-bond donors (Lipinski definition) is 3. The van der Waals surface area contributed by atoms with Crippen LogP contribution in [0.1, 0.15) is 28.8 Å². The molecule has 25 heavy (non-hydrogen) atoms. The third-order valence-corrected chi connectivity index (χ3v) is 4.67. The molecule has 1 aromatic carbocycles. The molecule has 0 aliphatic heterocycles. The molecule has 0 aliphatic rings. The Hall–Kier alpha value is -2.05. The van der Waals surface area contributed by atoms with Crippen LogP contribution in [-0.2, 0) is 0 Å². The summed E-state index contributed by atoms with van der Waals surface area (Å²) in [5, 5.41) is 14.2. The Morgan fingerprint density at radius 1 is 1.16 bits per heavy atom. The number of guanidine groups is 1. The van der Waals surface area contributed by atoms with Gasteiger partial charge in [-0.15, -0.1) is 0 Å². The Labute approximate surface area is 157 Å². The van der Waals surface area contributed by atoms with E-state index in [0.29, 0.717) is 29.6 Å². The lowest BCUT2D eigenvalue weighted by molar-refractivity contribution is 0.0954. The van der Waals surface area contributed by atoms with Crippen molar-refractivity contribution in [2.45, 2.75) is 12.8 Å². The van der Waals surface area contributed by atoms with Crippen molar-refractivity contribution in [1.29, 1.82) is 0 Å². The van der Waals surface area contributed by atoms with Gasteiger partial charge in [-0.3, -0.25) is 9.79 Å². The van der Waals surface area contributed by atoms with Gasteiger partial charge in [-0.25, -0.2) is 0 Å². The lowest BCUT2D eigenvalue weighted by Gasteiger charge is -2.15. The first kappa shape index (κ1) is 19.3. The molecule has 0 bridgehead atoms. The van der Waals surface area contributed by atoms with Crippen LogP contribution in [0.15, 0.2) is 46.1 Å². The van der Waals surface area contributed by atoms with Crippen LogP contribution < -0.4 is 16.0 Å². The van der Waals surface area contributed by atoms with E-state index in [1.807, 2.05) is 0 Å². The summed E-state index contributed by atoms with van der Waals surface area (Å²) in [6.07, 6.45) is 0. The van der Waals surface area contributed by atoms with Gasteiger partial charge in [0.1, 0.15) is 0 Å². The molecule has 7 heteroatoms. The van der Waals surface area contributed by atoms with Gasteiger partial charge < -0.3 is 16.0 Å². The Kier molecular flexibility index (Phi) is 7.76. The quantitative estimate of drug-likeness (QED) is 0.394. The Balaban J connectivity index is 1.67. The van der Waals surface area contributed by atoms with Gasteiger partial charge in [-0.2, -0.15) is 11.3 Å². The molecule has 3 N–H and O–H groups in total. The van der Waals surface area contributed by atoms with E-state index in [1.54, 1.807) is 42.6 Å². The number of halogens is 1. The van der Waals surface area contributed by atoms with Crippen LogP contribution in [0.2, 0.25) is 5.02 Å². The molecular formula is C18H23ClN4OS. The molecule has 2 rings (SSSR count). The topological polar surface area (TPSA) is 65.5 Å². The summed E-state index contributed by atoms with van der Waals surface area (Å²) in [5.41, 5.74) is 1.92. The van der Waals surface area contributed by atoms with Crippen molar-refractivity contribution in [1.82, 2.24) is 16.0 Å². The summed E-state index contributed by atoms with van der Waals surface area (Å²) >= 11 is 7.52. The highest BCUT2D eigenvalue weighted by atomic mass is 35.5. The molecule has 0 aliphatic carbocycles. The lowest BCUT2D eigenvalue weighted by Crippen LogP contribution is -2.42. The van der Waals surface area contributed by atoms with Crippen molar-refractivity contribution in [2.24, 2.45) is 4.99 Å². The highest BCUT2D eigenvalue weighted by Gasteiger charge is 2.07. The van der Waals surface area contributed by atoms with Crippen LogP contribution in [0.5, 0.6) is 0 Å². The van der Waals surface area contributed by atoms with Gasteiger partial charge in [0.2, 0.25) is 0 Å².